The summed E-state index contributed by atoms with van der Waals surface area (Å²) in [5.41, 5.74) is 0.560. The normalized spacial score (nSPS) is 15.1. The molecular weight excluding hydrogens is 366 g/mol. The van der Waals surface area contributed by atoms with Gasteiger partial charge in [0.25, 0.3) is 0 Å². The minimum Gasteiger partial charge on any atom is -0.353 e. The topological polar surface area (TPSA) is 85.8 Å². The van der Waals surface area contributed by atoms with Gasteiger partial charge in [-0.05, 0) is 36.4 Å². The minimum atomic E-state index is -3.48. The van der Waals surface area contributed by atoms with Gasteiger partial charge in [0, 0.05) is 52.2 Å². The standard InChI is InChI=1S/C18H23N5O3S/c1-21(2)27(25,26)16-8-6-15(7-9-16)20-18(24)23-13-11-22(12-14-23)17-5-3-4-10-19-17/h3-10H,11-14H2,1-2H3,(H,20,24). The molecule has 8 nitrogen and oxygen atoms in total. The highest BCUT2D eigenvalue weighted by atomic mass is 32.2. The molecule has 9 heteroatoms. The Bertz CT molecular complexity index is 877. The van der Waals surface area contributed by atoms with Crippen LogP contribution in [-0.4, -0.2) is 68.9 Å². The van der Waals surface area contributed by atoms with Crippen LogP contribution in [0.1, 0.15) is 0 Å². The number of aromatic nitrogens is 1. The highest BCUT2D eigenvalue weighted by molar-refractivity contribution is 7.89. The zero-order valence-corrected chi connectivity index (χ0v) is 16.2. The SMILES string of the molecule is CN(C)S(=O)(=O)c1ccc(NC(=O)N2CCN(c3ccccn3)CC2)cc1. The fourth-order valence-corrected chi connectivity index (χ4v) is 3.70. The van der Waals surface area contributed by atoms with Gasteiger partial charge in [-0.15, -0.1) is 0 Å². The van der Waals surface area contributed by atoms with E-state index in [0.29, 0.717) is 31.9 Å². The number of piperazine rings is 1. The molecule has 2 aromatic rings. The number of carbonyl (C=O) groups is 1. The zero-order valence-electron chi connectivity index (χ0n) is 15.4. The van der Waals surface area contributed by atoms with Crippen molar-refractivity contribution < 1.29 is 13.2 Å². The lowest BCUT2D eigenvalue weighted by atomic mass is 10.3. The Morgan fingerprint density at radius 1 is 1.04 bits per heavy atom. The number of urea groups is 1. The number of pyridine rings is 1. The van der Waals surface area contributed by atoms with Gasteiger partial charge < -0.3 is 15.1 Å². The van der Waals surface area contributed by atoms with Gasteiger partial charge in [0.2, 0.25) is 10.0 Å². The van der Waals surface area contributed by atoms with Crippen molar-refractivity contribution in [3.05, 3.63) is 48.7 Å². The molecule has 0 radical (unpaired) electrons. The summed E-state index contributed by atoms with van der Waals surface area (Å²) >= 11 is 0. The summed E-state index contributed by atoms with van der Waals surface area (Å²) in [7, 11) is -0.513. The smallest absolute Gasteiger partial charge is 0.321 e. The first-order valence-corrected chi connectivity index (χ1v) is 10.1. The van der Waals surface area contributed by atoms with E-state index in [1.54, 1.807) is 23.2 Å². The number of hydrogen-bond donors (Lipinski definition) is 1. The molecule has 1 aliphatic rings. The maximum absolute atomic E-state index is 12.5. The number of nitrogens with one attached hydrogen (secondary N) is 1. The van der Waals surface area contributed by atoms with Crippen LogP contribution < -0.4 is 10.2 Å². The second kappa shape index (κ2) is 7.93. The Hall–Kier alpha value is -2.65. The van der Waals surface area contributed by atoms with E-state index in [9.17, 15) is 13.2 Å². The summed E-state index contributed by atoms with van der Waals surface area (Å²) in [5, 5.41) is 2.82. The number of amides is 2. The van der Waals surface area contributed by atoms with Gasteiger partial charge in [0.15, 0.2) is 0 Å². The second-order valence-electron chi connectivity index (χ2n) is 6.40. The van der Waals surface area contributed by atoms with E-state index >= 15 is 0 Å². The molecule has 0 unspecified atom stereocenters. The Morgan fingerprint density at radius 3 is 2.26 bits per heavy atom. The average Bonchev–Trinajstić information content (AvgIpc) is 2.69. The van der Waals surface area contributed by atoms with E-state index < -0.39 is 10.0 Å². The zero-order chi connectivity index (χ0) is 19.4. The molecule has 27 heavy (non-hydrogen) atoms. The van der Waals surface area contributed by atoms with Crippen LogP contribution in [-0.2, 0) is 10.0 Å². The van der Waals surface area contributed by atoms with Crippen LogP contribution in [0.5, 0.6) is 0 Å². The quantitative estimate of drug-likeness (QED) is 0.860. The fourth-order valence-electron chi connectivity index (χ4n) is 2.80. The van der Waals surface area contributed by atoms with Crippen molar-refractivity contribution in [1.82, 2.24) is 14.2 Å². The van der Waals surface area contributed by atoms with Gasteiger partial charge in [0.05, 0.1) is 4.90 Å². The second-order valence-corrected chi connectivity index (χ2v) is 8.56. The highest BCUT2D eigenvalue weighted by Crippen LogP contribution is 2.18. The van der Waals surface area contributed by atoms with Crippen LogP contribution in [0.2, 0.25) is 0 Å². The molecule has 1 saturated heterocycles. The van der Waals surface area contributed by atoms with Crippen molar-refractivity contribution >= 4 is 27.6 Å². The lowest BCUT2D eigenvalue weighted by Crippen LogP contribution is -2.50. The molecule has 2 heterocycles. The molecule has 1 aliphatic heterocycles. The lowest BCUT2D eigenvalue weighted by Gasteiger charge is -2.35. The van der Waals surface area contributed by atoms with Crippen LogP contribution >= 0.6 is 0 Å². The van der Waals surface area contributed by atoms with Crippen molar-refractivity contribution in [1.29, 1.82) is 0 Å². The molecule has 0 atom stereocenters. The van der Waals surface area contributed by atoms with E-state index in [-0.39, 0.29) is 10.9 Å². The molecular formula is C18H23N5O3S. The van der Waals surface area contributed by atoms with Gasteiger partial charge in [-0.1, -0.05) is 6.07 Å². The molecule has 144 valence electrons. The molecule has 2 amide bonds. The summed E-state index contributed by atoms with van der Waals surface area (Å²) in [5.74, 6) is 0.912. The summed E-state index contributed by atoms with van der Waals surface area (Å²) < 4.78 is 25.3. The monoisotopic (exact) mass is 389 g/mol. The van der Waals surface area contributed by atoms with Gasteiger partial charge in [-0.25, -0.2) is 22.5 Å². The van der Waals surface area contributed by atoms with E-state index in [4.69, 9.17) is 0 Å². The summed E-state index contributed by atoms with van der Waals surface area (Å²) in [6.45, 7) is 2.61. The van der Waals surface area contributed by atoms with Crippen LogP contribution in [0.15, 0.2) is 53.6 Å². The van der Waals surface area contributed by atoms with Gasteiger partial charge in [-0.3, -0.25) is 0 Å². The number of rotatable bonds is 4. The van der Waals surface area contributed by atoms with Gasteiger partial charge in [-0.2, -0.15) is 0 Å². The van der Waals surface area contributed by atoms with E-state index in [2.05, 4.69) is 15.2 Å². The molecule has 0 aliphatic carbocycles. The van der Waals surface area contributed by atoms with Crippen molar-refractivity contribution in [3.63, 3.8) is 0 Å². The average molecular weight is 389 g/mol. The van der Waals surface area contributed by atoms with E-state index in [1.165, 1.54) is 26.2 Å². The van der Waals surface area contributed by atoms with Crippen molar-refractivity contribution in [3.8, 4) is 0 Å². The fraction of sp³-hybridized carbons (Fsp3) is 0.333. The Morgan fingerprint density at radius 2 is 1.70 bits per heavy atom. The molecule has 1 fully saturated rings. The first-order valence-electron chi connectivity index (χ1n) is 8.62. The van der Waals surface area contributed by atoms with Gasteiger partial charge >= 0.3 is 6.03 Å². The molecule has 0 saturated carbocycles. The number of sulfonamides is 1. The predicted molar refractivity (Wildman–Crippen MR) is 104 cm³/mol. The van der Waals surface area contributed by atoms with Crippen LogP contribution in [0.25, 0.3) is 0 Å². The van der Waals surface area contributed by atoms with Crippen molar-refractivity contribution in [2.45, 2.75) is 4.90 Å². The van der Waals surface area contributed by atoms with Crippen molar-refractivity contribution in [2.75, 3.05) is 50.5 Å². The maximum Gasteiger partial charge on any atom is 0.321 e. The predicted octanol–water partition coefficient (Wildman–Crippen LogP) is 1.69. The van der Waals surface area contributed by atoms with Crippen LogP contribution in [0.4, 0.5) is 16.3 Å². The highest BCUT2D eigenvalue weighted by Gasteiger charge is 2.22. The summed E-state index contributed by atoms with van der Waals surface area (Å²) in [6.07, 6.45) is 1.76. The maximum atomic E-state index is 12.5. The number of anilines is 2. The number of hydrogen-bond acceptors (Lipinski definition) is 5. The first kappa shape index (κ1) is 19.1. The Labute approximate surface area is 159 Å². The van der Waals surface area contributed by atoms with E-state index in [0.717, 1.165) is 10.1 Å². The molecule has 0 bridgehead atoms. The molecule has 1 aromatic carbocycles. The third-order valence-electron chi connectivity index (χ3n) is 4.42. The third-order valence-corrected chi connectivity index (χ3v) is 6.25. The van der Waals surface area contributed by atoms with E-state index in [1.807, 2.05) is 18.2 Å². The largest absolute Gasteiger partial charge is 0.353 e. The third kappa shape index (κ3) is 4.37. The molecule has 0 spiro atoms. The number of benzene rings is 1. The summed E-state index contributed by atoms with van der Waals surface area (Å²) in [6, 6.07) is 11.8. The first-order chi connectivity index (χ1) is 12.9. The van der Waals surface area contributed by atoms with Gasteiger partial charge in [0.1, 0.15) is 5.82 Å². The minimum absolute atomic E-state index is 0.189. The summed E-state index contributed by atoms with van der Waals surface area (Å²) in [4.78, 5) is 20.9. The van der Waals surface area contributed by atoms with Crippen LogP contribution in [0, 0.1) is 0 Å². The molecule has 1 N–H and O–H groups in total. The Kier molecular flexibility index (Phi) is 5.62. The Balaban J connectivity index is 1.57. The molecule has 3 rings (SSSR count). The van der Waals surface area contributed by atoms with Crippen LogP contribution in [0.3, 0.4) is 0 Å². The lowest BCUT2D eigenvalue weighted by molar-refractivity contribution is 0.208. The molecule has 1 aromatic heterocycles. The van der Waals surface area contributed by atoms with Crippen molar-refractivity contribution in [2.24, 2.45) is 0 Å². The number of carbonyl (C=O) groups excluding carboxylic acids is 1. The number of nitrogens with zero attached hydrogens (tertiary/aromatic N) is 4.